The number of hydrogen-bond acceptors (Lipinski definition) is 2. The van der Waals surface area contributed by atoms with Gasteiger partial charge in [0.2, 0.25) is 5.91 Å². The third-order valence-corrected chi connectivity index (χ3v) is 4.73. The van der Waals surface area contributed by atoms with Crippen LogP contribution in [0.5, 0.6) is 0 Å². The molecule has 1 aliphatic rings. The number of nitrogens with one attached hydrogen (secondary N) is 1. The molecule has 0 unspecified atom stereocenters. The number of nitrogens with zero attached hydrogens (tertiary/aromatic N) is 1. The van der Waals surface area contributed by atoms with Crippen LogP contribution in [0.25, 0.3) is 0 Å². The molecule has 0 aliphatic carbocycles. The number of piperidine rings is 1. The first-order valence-corrected chi connectivity index (χ1v) is 8.67. The van der Waals surface area contributed by atoms with Crippen LogP contribution in [0.2, 0.25) is 0 Å². The highest BCUT2D eigenvalue weighted by Crippen LogP contribution is 2.34. The zero-order valence-electron chi connectivity index (χ0n) is 14.3. The fourth-order valence-electron chi connectivity index (χ4n) is 3.38. The number of anilines is 1. The number of alkyl halides is 3. The quantitative estimate of drug-likeness (QED) is 0.867. The molecule has 3 rings (SSSR count). The molecular formula is C20H21F3N2O. The van der Waals surface area contributed by atoms with E-state index in [0.717, 1.165) is 32.0 Å². The first-order valence-electron chi connectivity index (χ1n) is 8.67. The maximum absolute atomic E-state index is 13.0. The Morgan fingerprint density at radius 3 is 2.27 bits per heavy atom. The Hall–Kier alpha value is -2.34. The highest BCUT2D eigenvalue weighted by atomic mass is 19.4. The van der Waals surface area contributed by atoms with Crippen molar-refractivity contribution in [3.63, 3.8) is 0 Å². The summed E-state index contributed by atoms with van der Waals surface area (Å²) in [4.78, 5) is 14.2. The van der Waals surface area contributed by atoms with Crippen molar-refractivity contribution in [1.82, 2.24) is 4.90 Å². The molecule has 0 spiro atoms. The number of hydrogen-bond donors (Lipinski definition) is 1. The maximum Gasteiger partial charge on any atom is 0.418 e. The summed E-state index contributed by atoms with van der Waals surface area (Å²) < 4.78 is 39.0. The van der Waals surface area contributed by atoms with Crippen LogP contribution in [0.4, 0.5) is 18.9 Å². The van der Waals surface area contributed by atoms with Gasteiger partial charge < -0.3 is 5.32 Å². The summed E-state index contributed by atoms with van der Waals surface area (Å²) in [5, 5.41) is 2.41. The van der Waals surface area contributed by atoms with E-state index in [2.05, 4.69) is 17.4 Å². The van der Waals surface area contributed by atoms with Crippen LogP contribution in [0.15, 0.2) is 54.6 Å². The Balaban J connectivity index is 1.54. The van der Waals surface area contributed by atoms with Gasteiger partial charge in [-0.1, -0.05) is 42.5 Å². The van der Waals surface area contributed by atoms with Gasteiger partial charge in [-0.3, -0.25) is 9.69 Å². The van der Waals surface area contributed by atoms with E-state index in [1.165, 1.54) is 23.8 Å². The van der Waals surface area contributed by atoms with Gasteiger partial charge >= 0.3 is 6.18 Å². The molecule has 1 amide bonds. The van der Waals surface area contributed by atoms with E-state index in [1.807, 2.05) is 23.1 Å². The minimum absolute atomic E-state index is 0.105. The summed E-state index contributed by atoms with van der Waals surface area (Å²) in [5.41, 5.74) is 0.288. The summed E-state index contributed by atoms with van der Waals surface area (Å²) in [5.74, 6) is 0.0568. The molecule has 1 aliphatic heterocycles. The maximum atomic E-state index is 13.0. The van der Waals surface area contributed by atoms with E-state index in [4.69, 9.17) is 0 Å². The second-order valence-corrected chi connectivity index (χ2v) is 6.55. The van der Waals surface area contributed by atoms with Gasteiger partial charge in [-0.15, -0.1) is 0 Å². The molecule has 0 bridgehead atoms. The van der Waals surface area contributed by atoms with Gasteiger partial charge in [0.05, 0.1) is 17.8 Å². The number of para-hydroxylation sites is 1. The third-order valence-electron chi connectivity index (χ3n) is 4.73. The van der Waals surface area contributed by atoms with Crippen molar-refractivity contribution in [3.8, 4) is 0 Å². The largest absolute Gasteiger partial charge is 0.418 e. The average molecular weight is 362 g/mol. The van der Waals surface area contributed by atoms with E-state index in [-0.39, 0.29) is 12.2 Å². The van der Waals surface area contributed by atoms with E-state index in [0.29, 0.717) is 5.92 Å². The Morgan fingerprint density at radius 1 is 1.00 bits per heavy atom. The smallest absolute Gasteiger partial charge is 0.324 e. The second kappa shape index (κ2) is 7.91. The zero-order valence-corrected chi connectivity index (χ0v) is 14.3. The first-order chi connectivity index (χ1) is 12.4. The van der Waals surface area contributed by atoms with Crippen LogP contribution in [-0.4, -0.2) is 30.4 Å². The van der Waals surface area contributed by atoms with Crippen molar-refractivity contribution >= 4 is 11.6 Å². The highest BCUT2D eigenvalue weighted by Gasteiger charge is 2.33. The fraction of sp³-hybridized carbons (Fsp3) is 0.350. The van der Waals surface area contributed by atoms with E-state index in [1.54, 1.807) is 0 Å². The van der Waals surface area contributed by atoms with E-state index >= 15 is 0 Å². The number of likely N-dealkylation sites (tertiary alicyclic amines) is 1. The van der Waals surface area contributed by atoms with Crippen LogP contribution < -0.4 is 5.32 Å². The lowest BCUT2D eigenvalue weighted by Crippen LogP contribution is -2.38. The van der Waals surface area contributed by atoms with Crippen molar-refractivity contribution in [2.24, 2.45) is 0 Å². The van der Waals surface area contributed by atoms with Crippen molar-refractivity contribution < 1.29 is 18.0 Å². The lowest BCUT2D eigenvalue weighted by molar-refractivity contribution is -0.137. The minimum Gasteiger partial charge on any atom is -0.324 e. The number of benzene rings is 2. The molecule has 0 radical (unpaired) electrons. The number of halogens is 3. The number of amides is 1. The zero-order chi connectivity index (χ0) is 18.6. The fourth-order valence-corrected chi connectivity index (χ4v) is 3.38. The molecule has 2 aromatic carbocycles. The first kappa shape index (κ1) is 18.5. The molecule has 1 heterocycles. The SMILES string of the molecule is O=C(CN1CCC(c2ccccc2)CC1)Nc1ccccc1C(F)(F)F. The van der Waals surface area contributed by atoms with Crippen molar-refractivity contribution in [1.29, 1.82) is 0 Å². The molecule has 0 saturated carbocycles. The van der Waals surface area contributed by atoms with E-state index < -0.39 is 17.6 Å². The monoisotopic (exact) mass is 362 g/mol. The Kier molecular flexibility index (Phi) is 5.61. The van der Waals surface area contributed by atoms with Gasteiger partial charge in [0, 0.05) is 0 Å². The summed E-state index contributed by atoms with van der Waals surface area (Å²) >= 11 is 0. The normalized spacial score (nSPS) is 16.4. The number of carbonyl (C=O) groups excluding carboxylic acids is 1. The van der Waals surface area contributed by atoms with Gasteiger partial charge in [0.15, 0.2) is 0 Å². The van der Waals surface area contributed by atoms with Gasteiger partial charge in [-0.2, -0.15) is 13.2 Å². The van der Waals surface area contributed by atoms with Crippen LogP contribution in [-0.2, 0) is 11.0 Å². The predicted molar refractivity (Wildman–Crippen MR) is 94.9 cm³/mol. The van der Waals surface area contributed by atoms with Crippen LogP contribution in [0.3, 0.4) is 0 Å². The van der Waals surface area contributed by atoms with Crippen molar-refractivity contribution in [3.05, 3.63) is 65.7 Å². The number of carbonyl (C=O) groups is 1. The van der Waals surface area contributed by atoms with Crippen LogP contribution in [0, 0.1) is 0 Å². The molecule has 1 N–H and O–H groups in total. The van der Waals surface area contributed by atoms with Crippen LogP contribution >= 0.6 is 0 Å². The standard InChI is InChI=1S/C20H21F3N2O/c21-20(22,23)17-8-4-5-9-18(17)24-19(26)14-25-12-10-16(11-13-25)15-6-2-1-3-7-15/h1-9,16H,10-14H2,(H,24,26). The summed E-state index contributed by atoms with van der Waals surface area (Å²) in [6.45, 7) is 1.62. The molecule has 26 heavy (non-hydrogen) atoms. The summed E-state index contributed by atoms with van der Waals surface area (Å²) in [7, 11) is 0. The Bertz CT molecular complexity index is 738. The summed E-state index contributed by atoms with van der Waals surface area (Å²) in [6.07, 6.45) is -2.61. The average Bonchev–Trinajstić information content (AvgIpc) is 2.62. The topological polar surface area (TPSA) is 32.3 Å². The Morgan fingerprint density at radius 2 is 1.62 bits per heavy atom. The lowest BCUT2D eigenvalue weighted by atomic mass is 9.89. The molecule has 2 aromatic rings. The Labute approximate surface area is 150 Å². The van der Waals surface area contributed by atoms with Gasteiger partial charge in [-0.25, -0.2) is 0 Å². The lowest BCUT2D eigenvalue weighted by Gasteiger charge is -2.31. The van der Waals surface area contributed by atoms with Crippen molar-refractivity contribution in [2.75, 3.05) is 25.0 Å². The second-order valence-electron chi connectivity index (χ2n) is 6.55. The van der Waals surface area contributed by atoms with Crippen molar-refractivity contribution in [2.45, 2.75) is 24.9 Å². The molecule has 0 aromatic heterocycles. The summed E-state index contributed by atoms with van der Waals surface area (Å²) in [6, 6.07) is 15.3. The predicted octanol–water partition coefficient (Wildman–Crippen LogP) is 4.52. The van der Waals surface area contributed by atoms with Gasteiger partial charge in [-0.05, 0) is 49.5 Å². The molecule has 1 fully saturated rings. The number of rotatable bonds is 4. The molecule has 3 nitrogen and oxygen atoms in total. The van der Waals surface area contributed by atoms with E-state index in [9.17, 15) is 18.0 Å². The molecule has 138 valence electrons. The third kappa shape index (κ3) is 4.64. The molecule has 0 atom stereocenters. The molecule has 1 saturated heterocycles. The minimum atomic E-state index is -4.49. The van der Waals surface area contributed by atoms with Crippen LogP contribution in [0.1, 0.15) is 29.9 Å². The highest BCUT2D eigenvalue weighted by molar-refractivity contribution is 5.93. The molecule has 6 heteroatoms. The van der Waals surface area contributed by atoms with Gasteiger partial charge in [0.1, 0.15) is 0 Å². The van der Waals surface area contributed by atoms with Gasteiger partial charge in [0.25, 0.3) is 0 Å². The molecular weight excluding hydrogens is 341 g/mol.